The molecule has 2 aromatic carbocycles. The number of imide groups is 1. The SMILES string of the molecule is CN(C)c1ccc(NC2CC(=O)N(c3ccc(SC(F)F)cc3)C2=O)cc1. The van der Waals surface area contributed by atoms with Crippen LogP contribution in [0.5, 0.6) is 0 Å². The van der Waals surface area contributed by atoms with Gasteiger partial charge in [-0.2, -0.15) is 8.78 Å². The number of alkyl halides is 2. The minimum Gasteiger partial charge on any atom is -0.378 e. The number of carbonyl (C=O) groups is 2. The first-order valence-corrected chi connectivity index (χ1v) is 9.18. The Balaban J connectivity index is 1.71. The van der Waals surface area contributed by atoms with E-state index in [0.717, 1.165) is 16.3 Å². The lowest BCUT2D eigenvalue weighted by Gasteiger charge is -2.17. The van der Waals surface area contributed by atoms with Gasteiger partial charge in [0.2, 0.25) is 5.91 Å². The Kier molecular flexibility index (Phi) is 5.65. The highest BCUT2D eigenvalue weighted by Gasteiger charge is 2.39. The van der Waals surface area contributed by atoms with Crippen LogP contribution in [-0.2, 0) is 9.59 Å². The summed E-state index contributed by atoms with van der Waals surface area (Å²) in [6.45, 7) is 0. The van der Waals surface area contributed by atoms with Crippen LogP contribution in [0.25, 0.3) is 0 Å². The molecule has 5 nitrogen and oxygen atoms in total. The molecule has 1 heterocycles. The third-order valence-electron chi connectivity index (χ3n) is 4.19. The van der Waals surface area contributed by atoms with Crippen LogP contribution in [0.1, 0.15) is 6.42 Å². The average molecular weight is 391 g/mol. The molecule has 1 aliphatic heterocycles. The minimum atomic E-state index is -2.52. The number of thioether (sulfide) groups is 1. The van der Waals surface area contributed by atoms with E-state index in [9.17, 15) is 18.4 Å². The van der Waals surface area contributed by atoms with Gasteiger partial charge >= 0.3 is 0 Å². The van der Waals surface area contributed by atoms with Crippen molar-refractivity contribution in [1.29, 1.82) is 0 Å². The predicted octanol–water partition coefficient (Wildman–Crippen LogP) is 3.81. The number of halogens is 2. The number of rotatable bonds is 6. The number of hydrogen-bond donors (Lipinski definition) is 1. The summed E-state index contributed by atoms with van der Waals surface area (Å²) in [6, 6.07) is 12.9. The first kappa shape index (κ1) is 19.2. The van der Waals surface area contributed by atoms with Crippen molar-refractivity contribution in [2.24, 2.45) is 0 Å². The maximum absolute atomic E-state index is 12.7. The van der Waals surface area contributed by atoms with Gasteiger partial charge in [-0.1, -0.05) is 11.8 Å². The van der Waals surface area contributed by atoms with Crippen molar-refractivity contribution in [2.45, 2.75) is 23.1 Å². The fourth-order valence-electron chi connectivity index (χ4n) is 2.85. The first-order chi connectivity index (χ1) is 12.8. The molecule has 2 aromatic rings. The van der Waals surface area contributed by atoms with Gasteiger partial charge in [-0.05, 0) is 48.5 Å². The van der Waals surface area contributed by atoms with Gasteiger partial charge in [0.1, 0.15) is 6.04 Å². The van der Waals surface area contributed by atoms with E-state index in [-0.39, 0.29) is 18.2 Å². The maximum Gasteiger partial charge on any atom is 0.288 e. The molecule has 8 heteroatoms. The van der Waals surface area contributed by atoms with Crippen molar-refractivity contribution < 1.29 is 18.4 Å². The summed E-state index contributed by atoms with van der Waals surface area (Å²) < 4.78 is 24.8. The number of amides is 2. The highest BCUT2D eigenvalue weighted by atomic mass is 32.2. The quantitative estimate of drug-likeness (QED) is 0.599. The number of benzene rings is 2. The van der Waals surface area contributed by atoms with Crippen LogP contribution in [0, 0.1) is 0 Å². The largest absolute Gasteiger partial charge is 0.378 e. The third-order valence-corrected chi connectivity index (χ3v) is 4.91. The Labute approximate surface area is 160 Å². The van der Waals surface area contributed by atoms with E-state index >= 15 is 0 Å². The molecule has 1 aliphatic rings. The van der Waals surface area contributed by atoms with Crippen LogP contribution < -0.4 is 15.1 Å². The first-order valence-electron chi connectivity index (χ1n) is 8.31. The fourth-order valence-corrected chi connectivity index (χ4v) is 3.35. The molecule has 1 fully saturated rings. The smallest absolute Gasteiger partial charge is 0.288 e. The molecule has 2 amide bonds. The molecule has 0 radical (unpaired) electrons. The molecule has 3 rings (SSSR count). The van der Waals surface area contributed by atoms with Crippen LogP contribution in [-0.4, -0.2) is 37.7 Å². The van der Waals surface area contributed by atoms with Gasteiger partial charge in [0, 0.05) is 30.4 Å². The summed E-state index contributed by atoms with van der Waals surface area (Å²) in [4.78, 5) is 28.4. The normalized spacial score (nSPS) is 16.9. The molecule has 1 saturated heterocycles. The van der Waals surface area contributed by atoms with Crippen LogP contribution in [0.15, 0.2) is 53.4 Å². The Morgan fingerprint density at radius 1 is 1.07 bits per heavy atom. The number of nitrogens with zero attached hydrogens (tertiary/aromatic N) is 2. The van der Waals surface area contributed by atoms with Crippen molar-refractivity contribution in [3.8, 4) is 0 Å². The molecule has 0 bridgehead atoms. The summed E-state index contributed by atoms with van der Waals surface area (Å²) >= 11 is 0.419. The zero-order chi connectivity index (χ0) is 19.6. The number of anilines is 3. The molecule has 0 spiro atoms. The van der Waals surface area contributed by atoms with E-state index in [0.29, 0.717) is 22.3 Å². The Hall–Kier alpha value is -2.61. The average Bonchev–Trinajstić information content (AvgIpc) is 2.89. The van der Waals surface area contributed by atoms with Gasteiger partial charge < -0.3 is 10.2 Å². The molecule has 27 heavy (non-hydrogen) atoms. The van der Waals surface area contributed by atoms with E-state index in [1.54, 1.807) is 0 Å². The molecular formula is C19H19F2N3O2S. The molecule has 1 N–H and O–H groups in total. The zero-order valence-corrected chi connectivity index (χ0v) is 15.7. The molecule has 0 aromatic heterocycles. The second-order valence-electron chi connectivity index (χ2n) is 6.28. The lowest BCUT2D eigenvalue weighted by Crippen LogP contribution is -2.34. The topological polar surface area (TPSA) is 52.7 Å². The Morgan fingerprint density at radius 3 is 2.26 bits per heavy atom. The summed E-state index contributed by atoms with van der Waals surface area (Å²) in [5.41, 5.74) is 2.16. The van der Waals surface area contributed by atoms with E-state index < -0.39 is 11.8 Å². The molecule has 1 atom stereocenters. The van der Waals surface area contributed by atoms with Gasteiger partial charge in [-0.3, -0.25) is 9.59 Å². The van der Waals surface area contributed by atoms with Gasteiger partial charge in [0.15, 0.2) is 0 Å². The summed E-state index contributed by atoms with van der Waals surface area (Å²) in [5.74, 6) is -3.19. The van der Waals surface area contributed by atoms with E-state index in [1.165, 1.54) is 24.3 Å². The van der Waals surface area contributed by atoms with Crippen LogP contribution >= 0.6 is 11.8 Å². The standard InChI is InChI=1S/C19H19F2N3O2S/c1-23(2)13-5-3-12(4-6-13)22-16-11-17(25)24(18(16)26)14-7-9-15(10-8-14)27-19(20)21/h3-10,16,19,22H,11H2,1-2H3. The van der Waals surface area contributed by atoms with Crippen LogP contribution in [0.4, 0.5) is 25.8 Å². The fraction of sp³-hybridized carbons (Fsp3) is 0.263. The van der Waals surface area contributed by atoms with E-state index in [1.807, 2.05) is 43.3 Å². The highest BCUT2D eigenvalue weighted by Crippen LogP contribution is 2.30. The third kappa shape index (κ3) is 4.39. The summed E-state index contributed by atoms with van der Waals surface area (Å²) in [6.07, 6.45) is 0.0435. The van der Waals surface area contributed by atoms with Crippen LogP contribution in [0.2, 0.25) is 0 Å². The maximum atomic E-state index is 12.7. The van der Waals surface area contributed by atoms with Crippen molar-refractivity contribution in [1.82, 2.24) is 0 Å². The number of nitrogens with one attached hydrogen (secondary N) is 1. The van der Waals surface area contributed by atoms with Crippen molar-refractivity contribution in [3.63, 3.8) is 0 Å². The molecule has 142 valence electrons. The van der Waals surface area contributed by atoms with Crippen LogP contribution in [0.3, 0.4) is 0 Å². The molecule has 1 unspecified atom stereocenters. The summed E-state index contributed by atoms with van der Waals surface area (Å²) in [7, 11) is 3.87. The monoisotopic (exact) mass is 391 g/mol. The van der Waals surface area contributed by atoms with Crippen molar-refractivity contribution >= 4 is 40.6 Å². The van der Waals surface area contributed by atoms with Gasteiger partial charge in [-0.25, -0.2) is 4.90 Å². The minimum absolute atomic E-state index is 0.0435. The lowest BCUT2D eigenvalue weighted by atomic mass is 10.2. The Bertz CT molecular complexity index is 826. The van der Waals surface area contributed by atoms with E-state index in [4.69, 9.17) is 0 Å². The van der Waals surface area contributed by atoms with E-state index in [2.05, 4.69) is 5.32 Å². The van der Waals surface area contributed by atoms with Gasteiger partial charge in [0.05, 0.1) is 12.1 Å². The molecule has 0 aliphatic carbocycles. The number of carbonyl (C=O) groups excluding carboxylic acids is 2. The second kappa shape index (κ2) is 7.96. The highest BCUT2D eigenvalue weighted by molar-refractivity contribution is 7.99. The molecular weight excluding hydrogens is 372 g/mol. The van der Waals surface area contributed by atoms with Gasteiger partial charge in [0.25, 0.3) is 11.7 Å². The Morgan fingerprint density at radius 2 is 1.70 bits per heavy atom. The number of hydrogen-bond acceptors (Lipinski definition) is 5. The van der Waals surface area contributed by atoms with Gasteiger partial charge in [-0.15, -0.1) is 0 Å². The lowest BCUT2D eigenvalue weighted by molar-refractivity contribution is -0.121. The van der Waals surface area contributed by atoms with Crippen molar-refractivity contribution in [3.05, 3.63) is 48.5 Å². The summed E-state index contributed by atoms with van der Waals surface area (Å²) in [5, 5.41) is 3.09. The second-order valence-corrected chi connectivity index (χ2v) is 7.35. The zero-order valence-electron chi connectivity index (χ0n) is 14.9. The van der Waals surface area contributed by atoms with Crippen molar-refractivity contribution in [2.75, 3.05) is 29.2 Å². The molecule has 0 saturated carbocycles. The predicted molar refractivity (Wildman–Crippen MR) is 104 cm³/mol.